The highest BCUT2D eigenvalue weighted by Gasteiger charge is 2.13. The third kappa shape index (κ3) is 4.25. The lowest BCUT2D eigenvalue weighted by molar-refractivity contribution is 0.102. The SMILES string of the molecule is N#C/C(=N\Nc1ccccc1)c1nnc(NC(=O)c2ccccc2)s1. The molecule has 7 nitrogen and oxygen atoms in total. The van der Waals surface area contributed by atoms with Crippen molar-refractivity contribution in [2.45, 2.75) is 0 Å². The lowest BCUT2D eigenvalue weighted by Gasteiger charge is -2.00. The fourth-order valence-corrected chi connectivity index (χ4v) is 2.56. The first-order valence-corrected chi connectivity index (χ1v) is 8.07. The maximum Gasteiger partial charge on any atom is 0.257 e. The van der Waals surface area contributed by atoms with Gasteiger partial charge in [-0.15, -0.1) is 10.2 Å². The fraction of sp³-hybridized carbons (Fsp3) is 0. The maximum atomic E-state index is 12.1. The minimum atomic E-state index is -0.291. The van der Waals surface area contributed by atoms with Crippen LogP contribution in [0.5, 0.6) is 0 Å². The van der Waals surface area contributed by atoms with E-state index in [0.29, 0.717) is 15.7 Å². The maximum absolute atomic E-state index is 12.1. The van der Waals surface area contributed by atoms with Gasteiger partial charge in [0.1, 0.15) is 6.07 Å². The van der Waals surface area contributed by atoms with Crippen LogP contribution in [0.4, 0.5) is 10.8 Å². The van der Waals surface area contributed by atoms with Crippen LogP contribution in [0.3, 0.4) is 0 Å². The standard InChI is InChI=1S/C17H12N6OS/c18-11-14(21-20-13-9-5-2-6-10-13)16-22-23-17(25-16)19-15(24)12-7-3-1-4-8-12/h1-10,20H,(H,19,23,24)/b21-14+. The first-order chi connectivity index (χ1) is 12.3. The molecule has 122 valence electrons. The quantitative estimate of drug-likeness (QED) is 0.545. The normalized spacial score (nSPS) is 10.8. The van der Waals surface area contributed by atoms with E-state index in [1.807, 2.05) is 42.5 Å². The number of carbonyl (C=O) groups excluding carboxylic acids is 1. The minimum absolute atomic E-state index is 0.0848. The van der Waals surface area contributed by atoms with Crippen molar-refractivity contribution < 1.29 is 4.79 Å². The molecule has 0 saturated carbocycles. The number of rotatable bonds is 5. The number of hydrazone groups is 1. The molecule has 3 rings (SSSR count). The predicted molar refractivity (Wildman–Crippen MR) is 96.5 cm³/mol. The van der Waals surface area contributed by atoms with Crippen molar-refractivity contribution in [3.05, 3.63) is 71.2 Å². The van der Waals surface area contributed by atoms with Gasteiger partial charge in [0.15, 0.2) is 10.7 Å². The number of nitrogens with zero attached hydrogens (tertiary/aromatic N) is 4. The molecule has 1 heterocycles. The zero-order valence-electron chi connectivity index (χ0n) is 12.9. The van der Waals surface area contributed by atoms with Gasteiger partial charge in [-0.2, -0.15) is 10.4 Å². The molecule has 25 heavy (non-hydrogen) atoms. The summed E-state index contributed by atoms with van der Waals surface area (Å²) in [7, 11) is 0. The van der Waals surface area contributed by atoms with Crippen LogP contribution in [0.1, 0.15) is 15.4 Å². The Morgan fingerprint density at radius 3 is 2.40 bits per heavy atom. The number of hydrogen-bond donors (Lipinski definition) is 2. The van der Waals surface area contributed by atoms with Gasteiger partial charge in [0, 0.05) is 5.56 Å². The second-order valence-electron chi connectivity index (χ2n) is 4.78. The Hall–Kier alpha value is -3.57. The summed E-state index contributed by atoms with van der Waals surface area (Å²) in [5.41, 5.74) is 4.13. The second-order valence-corrected chi connectivity index (χ2v) is 5.76. The summed E-state index contributed by atoms with van der Waals surface area (Å²) in [5, 5.41) is 24.3. The molecule has 1 amide bonds. The predicted octanol–water partition coefficient (Wildman–Crippen LogP) is 3.13. The number of benzene rings is 2. The number of para-hydroxylation sites is 1. The number of nitrogens with one attached hydrogen (secondary N) is 2. The molecule has 0 spiro atoms. The molecule has 0 saturated heterocycles. The van der Waals surface area contributed by atoms with Crippen LogP contribution >= 0.6 is 11.3 Å². The summed E-state index contributed by atoms with van der Waals surface area (Å²) in [6.45, 7) is 0. The molecule has 8 heteroatoms. The van der Waals surface area contributed by atoms with Gasteiger partial charge in [-0.25, -0.2) is 0 Å². The third-order valence-electron chi connectivity index (χ3n) is 3.06. The Balaban J connectivity index is 1.71. The largest absolute Gasteiger partial charge is 0.296 e. The van der Waals surface area contributed by atoms with E-state index in [0.717, 1.165) is 17.0 Å². The van der Waals surface area contributed by atoms with Crippen LogP contribution in [0.2, 0.25) is 0 Å². The highest BCUT2D eigenvalue weighted by Crippen LogP contribution is 2.17. The first kappa shape index (κ1) is 16.3. The molecule has 2 N–H and O–H groups in total. The lowest BCUT2D eigenvalue weighted by atomic mass is 10.2. The van der Waals surface area contributed by atoms with Crippen molar-refractivity contribution >= 4 is 33.8 Å². The van der Waals surface area contributed by atoms with Crippen molar-refractivity contribution in [3.63, 3.8) is 0 Å². The summed E-state index contributed by atoms with van der Waals surface area (Å²) in [6, 6.07) is 20.0. The molecule has 0 bridgehead atoms. The van der Waals surface area contributed by atoms with Crippen molar-refractivity contribution in [1.82, 2.24) is 10.2 Å². The van der Waals surface area contributed by atoms with Gasteiger partial charge in [-0.3, -0.25) is 15.5 Å². The van der Waals surface area contributed by atoms with Crippen LogP contribution < -0.4 is 10.7 Å². The molecule has 2 aromatic carbocycles. The fourth-order valence-electron chi connectivity index (χ4n) is 1.88. The van der Waals surface area contributed by atoms with Gasteiger partial charge in [0.25, 0.3) is 5.91 Å². The van der Waals surface area contributed by atoms with Crippen LogP contribution in [0.25, 0.3) is 0 Å². The van der Waals surface area contributed by atoms with Crippen LogP contribution in [-0.4, -0.2) is 21.8 Å². The van der Waals surface area contributed by atoms with E-state index in [2.05, 4.69) is 26.0 Å². The molecule has 1 aromatic heterocycles. The molecule has 0 unspecified atom stereocenters. The van der Waals surface area contributed by atoms with E-state index >= 15 is 0 Å². The number of anilines is 2. The van der Waals surface area contributed by atoms with Gasteiger partial charge in [-0.1, -0.05) is 47.7 Å². The third-order valence-corrected chi connectivity index (χ3v) is 3.91. The molecular weight excluding hydrogens is 336 g/mol. The highest BCUT2D eigenvalue weighted by atomic mass is 32.1. The van der Waals surface area contributed by atoms with Crippen molar-refractivity contribution in [2.24, 2.45) is 5.10 Å². The summed E-state index contributed by atoms with van der Waals surface area (Å²) in [4.78, 5) is 12.1. The van der Waals surface area contributed by atoms with Crippen molar-refractivity contribution in [2.75, 3.05) is 10.7 Å². The van der Waals surface area contributed by atoms with Gasteiger partial charge < -0.3 is 0 Å². The van der Waals surface area contributed by atoms with Gasteiger partial charge >= 0.3 is 0 Å². The monoisotopic (exact) mass is 348 g/mol. The number of aromatic nitrogens is 2. The smallest absolute Gasteiger partial charge is 0.257 e. The molecule has 0 aliphatic carbocycles. The van der Waals surface area contributed by atoms with E-state index in [-0.39, 0.29) is 11.6 Å². The van der Waals surface area contributed by atoms with Crippen LogP contribution in [0.15, 0.2) is 65.8 Å². The Morgan fingerprint density at radius 2 is 1.72 bits per heavy atom. The molecule has 0 aliphatic heterocycles. The Morgan fingerprint density at radius 1 is 1.04 bits per heavy atom. The average molecular weight is 348 g/mol. The average Bonchev–Trinajstić information content (AvgIpc) is 3.12. The topological polar surface area (TPSA) is 103 Å². The van der Waals surface area contributed by atoms with E-state index in [1.54, 1.807) is 24.3 Å². The Kier molecular flexibility index (Phi) is 5.09. The van der Waals surface area contributed by atoms with Gasteiger partial charge in [0.2, 0.25) is 5.13 Å². The van der Waals surface area contributed by atoms with Gasteiger partial charge in [0.05, 0.1) is 5.69 Å². The lowest BCUT2D eigenvalue weighted by Crippen LogP contribution is -2.11. The summed E-state index contributed by atoms with van der Waals surface area (Å²) in [5.74, 6) is -0.291. The van der Waals surface area contributed by atoms with Crippen molar-refractivity contribution in [1.29, 1.82) is 5.26 Å². The first-order valence-electron chi connectivity index (χ1n) is 7.25. The van der Waals surface area contributed by atoms with E-state index < -0.39 is 0 Å². The molecule has 0 fully saturated rings. The van der Waals surface area contributed by atoms with Crippen LogP contribution in [-0.2, 0) is 0 Å². The summed E-state index contributed by atoms with van der Waals surface area (Å²) in [6.07, 6.45) is 0. The molecule has 0 radical (unpaired) electrons. The number of nitriles is 1. The van der Waals surface area contributed by atoms with Gasteiger partial charge in [-0.05, 0) is 24.3 Å². The van der Waals surface area contributed by atoms with Crippen molar-refractivity contribution in [3.8, 4) is 6.07 Å². The van der Waals surface area contributed by atoms with E-state index in [4.69, 9.17) is 0 Å². The Bertz CT molecular complexity index is 931. The number of amides is 1. The zero-order valence-corrected chi connectivity index (χ0v) is 13.7. The minimum Gasteiger partial charge on any atom is -0.296 e. The van der Waals surface area contributed by atoms with E-state index in [9.17, 15) is 10.1 Å². The summed E-state index contributed by atoms with van der Waals surface area (Å²) >= 11 is 1.08. The second kappa shape index (κ2) is 7.81. The van der Waals surface area contributed by atoms with Crippen LogP contribution in [0, 0.1) is 11.3 Å². The number of carbonyl (C=O) groups is 1. The number of hydrogen-bond acceptors (Lipinski definition) is 7. The highest BCUT2D eigenvalue weighted by molar-refractivity contribution is 7.17. The molecule has 3 aromatic rings. The molecular formula is C17H12N6OS. The Labute approximate surface area is 147 Å². The zero-order chi connectivity index (χ0) is 17.5. The molecule has 0 aliphatic rings. The summed E-state index contributed by atoms with van der Waals surface area (Å²) < 4.78 is 0. The van der Waals surface area contributed by atoms with E-state index in [1.165, 1.54) is 0 Å². The molecule has 0 atom stereocenters.